The summed E-state index contributed by atoms with van der Waals surface area (Å²) in [5.74, 6) is -3.16. The molecule has 4 amide bonds. The number of pyridine rings is 1. The summed E-state index contributed by atoms with van der Waals surface area (Å²) in [5, 5.41) is 13.8. The highest BCUT2D eigenvalue weighted by Crippen LogP contribution is 2.51. The lowest BCUT2D eigenvalue weighted by Crippen LogP contribution is -2.59. The SMILES string of the molecule is CC(C)(C)CN(C(=O)O)[C@H]1CCCCC/C=C\[C@@H]2C[C@@]2(C(=O)NS(=O)(=O)C2(C)CC2)NC(=O)[C@@H]2C[C@]3(CCc4c(c(C(F)(F)F)nc5ccc(OCCN6CCOCC6)cc45)O3)CN2C1=O. The first-order chi connectivity index (χ1) is 31.0. The first kappa shape index (κ1) is 47.8. The average Bonchev–Trinajstić information content (AvgIpc) is 4.14. The normalized spacial score (nSPS) is 28.7. The number of nitrogens with one attached hydrogen (secondary N) is 2. The molecule has 1 aromatic carbocycles. The van der Waals surface area contributed by atoms with Gasteiger partial charge in [-0.2, -0.15) is 13.2 Å². The second-order valence-corrected chi connectivity index (χ2v) is 22.6. The van der Waals surface area contributed by atoms with E-state index in [1.807, 2.05) is 26.8 Å². The Balaban J connectivity index is 1.16. The van der Waals surface area contributed by atoms with Crippen LogP contribution in [0.1, 0.15) is 103 Å². The molecule has 20 heteroatoms. The molecule has 2 saturated carbocycles. The Morgan fingerprint density at radius 2 is 1.82 bits per heavy atom. The van der Waals surface area contributed by atoms with Gasteiger partial charge in [0.05, 0.1) is 30.0 Å². The lowest BCUT2D eigenvalue weighted by Gasteiger charge is -2.38. The number of amides is 4. The van der Waals surface area contributed by atoms with Crippen molar-refractivity contribution in [2.45, 2.75) is 132 Å². The maximum atomic E-state index is 15.1. The number of aromatic nitrogens is 1. The zero-order chi connectivity index (χ0) is 47.5. The second-order valence-electron chi connectivity index (χ2n) is 20.4. The van der Waals surface area contributed by atoms with Crippen molar-refractivity contribution in [3.05, 3.63) is 41.6 Å². The Morgan fingerprint density at radius 1 is 1.08 bits per heavy atom. The van der Waals surface area contributed by atoms with Crippen LogP contribution in [0.4, 0.5) is 18.0 Å². The minimum Gasteiger partial charge on any atom is -0.492 e. The molecule has 16 nitrogen and oxygen atoms in total. The molecule has 0 bridgehead atoms. The van der Waals surface area contributed by atoms with Crippen molar-refractivity contribution >= 4 is 44.7 Å². The highest BCUT2D eigenvalue weighted by atomic mass is 32.2. The molecule has 3 N–H and O–H groups in total. The number of benzene rings is 1. The van der Waals surface area contributed by atoms with Crippen molar-refractivity contribution in [3.63, 3.8) is 0 Å². The van der Waals surface area contributed by atoms with E-state index >= 15 is 18.0 Å². The molecule has 2 aliphatic carbocycles. The Hall–Kier alpha value is -4.69. The van der Waals surface area contributed by atoms with E-state index in [2.05, 4.69) is 19.9 Å². The van der Waals surface area contributed by atoms with Gasteiger partial charge in [-0.25, -0.2) is 18.2 Å². The molecule has 0 radical (unpaired) electrons. The number of hydrogen-bond acceptors (Lipinski definition) is 11. The van der Waals surface area contributed by atoms with Crippen LogP contribution in [0.15, 0.2) is 30.4 Å². The molecule has 8 rings (SSSR count). The number of fused-ring (bicyclic) bond motifs is 5. The Labute approximate surface area is 383 Å². The van der Waals surface area contributed by atoms with E-state index < -0.39 is 90.8 Å². The van der Waals surface area contributed by atoms with E-state index in [1.54, 1.807) is 18.2 Å². The summed E-state index contributed by atoms with van der Waals surface area (Å²) in [6.45, 7) is 10.3. The lowest BCUT2D eigenvalue weighted by atomic mass is 9.87. The molecule has 4 fully saturated rings. The number of allylic oxidation sites excluding steroid dienone is 1. The smallest absolute Gasteiger partial charge is 0.437 e. The lowest BCUT2D eigenvalue weighted by molar-refractivity contribution is -0.145. The van der Waals surface area contributed by atoms with Crippen LogP contribution < -0.4 is 19.5 Å². The molecular weight excluding hydrogens is 886 g/mol. The van der Waals surface area contributed by atoms with E-state index in [1.165, 1.54) is 17.9 Å². The minimum atomic E-state index is -4.97. The van der Waals surface area contributed by atoms with Gasteiger partial charge in [-0.1, -0.05) is 45.8 Å². The van der Waals surface area contributed by atoms with E-state index in [9.17, 15) is 27.9 Å². The van der Waals surface area contributed by atoms with Gasteiger partial charge in [-0.05, 0) is 81.9 Å². The average molecular weight is 947 g/mol. The standard InChI is InChI=1S/C46H61F3N6O10S/c1-42(2,3)27-55(41(59)60)34-11-9-7-5-6-8-10-29-25-45(29,40(58)52-66(61,62)43(4)16-17-43)51-38(56)35-26-44(28-54(35)39(34)57)15-14-31-32-24-30(64-23-20-53-18-21-63-22-19-53)12-13-33(32)50-37(36(31)65-44)46(47,48)49/h8,10,12-13,24,29,34-35H,5-7,9,11,14-23,25-28H2,1-4H3,(H,51,56)(H,52,58)(H,59,60)/b10-8-/t29-,34+,35+,44-,45-/m1/s1. The largest absolute Gasteiger partial charge is 0.492 e. The van der Waals surface area contributed by atoms with Crippen LogP contribution in [0.2, 0.25) is 0 Å². The van der Waals surface area contributed by atoms with Crippen molar-refractivity contribution in [2.24, 2.45) is 11.3 Å². The first-order valence-electron chi connectivity index (χ1n) is 23.1. The molecule has 2 saturated heterocycles. The number of rotatable bonds is 9. The number of aryl methyl sites for hydroxylation is 1. The maximum absolute atomic E-state index is 15.1. The predicted octanol–water partition coefficient (Wildman–Crippen LogP) is 5.42. The summed E-state index contributed by atoms with van der Waals surface area (Å²) in [5.41, 5.74) is -4.81. The summed E-state index contributed by atoms with van der Waals surface area (Å²) in [6, 6.07) is 1.98. The van der Waals surface area contributed by atoms with Crippen molar-refractivity contribution in [2.75, 3.05) is 52.5 Å². The number of halogens is 3. The zero-order valence-electron chi connectivity index (χ0n) is 38.0. The van der Waals surface area contributed by atoms with Crippen LogP contribution in [0.3, 0.4) is 0 Å². The fraction of sp³-hybridized carbons (Fsp3) is 0.674. The van der Waals surface area contributed by atoms with Crippen LogP contribution >= 0.6 is 0 Å². The number of hydrogen-bond donors (Lipinski definition) is 3. The van der Waals surface area contributed by atoms with Gasteiger partial charge in [0.2, 0.25) is 21.8 Å². The van der Waals surface area contributed by atoms with Gasteiger partial charge in [-0.3, -0.25) is 28.9 Å². The fourth-order valence-corrected chi connectivity index (χ4v) is 11.2. The highest BCUT2D eigenvalue weighted by molar-refractivity contribution is 7.91. The number of carbonyl (C=O) groups is 4. The number of carbonyl (C=O) groups excluding carboxylic acids is 3. The van der Waals surface area contributed by atoms with Gasteiger partial charge in [0, 0.05) is 49.5 Å². The second kappa shape index (κ2) is 17.8. The molecule has 5 atom stereocenters. The highest BCUT2D eigenvalue weighted by Gasteiger charge is 2.64. The number of carboxylic acid groups (broad SMARTS) is 1. The fourth-order valence-electron chi connectivity index (χ4n) is 9.87. The van der Waals surface area contributed by atoms with Crippen LogP contribution in [-0.2, 0) is 41.7 Å². The molecular formula is C46H61F3N6O10S. The zero-order valence-corrected chi connectivity index (χ0v) is 38.8. The van der Waals surface area contributed by atoms with Crippen molar-refractivity contribution in [3.8, 4) is 11.5 Å². The molecule has 1 aromatic heterocycles. The van der Waals surface area contributed by atoms with Crippen molar-refractivity contribution in [1.29, 1.82) is 0 Å². The van der Waals surface area contributed by atoms with E-state index in [0.717, 1.165) is 18.0 Å². The molecule has 66 heavy (non-hydrogen) atoms. The number of alkyl halides is 3. The summed E-state index contributed by atoms with van der Waals surface area (Å²) in [4.78, 5) is 65.6. The van der Waals surface area contributed by atoms with Gasteiger partial charge < -0.3 is 29.5 Å². The summed E-state index contributed by atoms with van der Waals surface area (Å²) in [6.07, 6.45) is 0.364. The third-order valence-electron chi connectivity index (χ3n) is 14.1. The number of sulfonamides is 1. The third kappa shape index (κ3) is 9.82. The number of morpholine rings is 1. The van der Waals surface area contributed by atoms with Crippen LogP contribution in [0, 0.1) is 11.3 Å². The van der Waals surface area contributed by atoms with Gasteiger partial charge in [0.1, 0.15) is 35.6 Å². The van der Waals surface area contributed by atoms with Crippen LogP contribution in [-0.4, -0.2) is 138 Å². The Morgan fingerprint density at radius 3 is 2.50 bits per heavy atom. The van der Waals surface area contributed by atoms with Gasteiger partial charge in [0.15, 0.2) is 11.4 Å². The van der Waals surface area contributed by atoms with E-state index in [-0.39, 0.29) is 56.3 Å². The maximum Gasteiger partial charge on any atom is 0.437 e. The molecule has 362 valence electrons. The molecule has 5 heterocycles. The predicted molar refractivity (Wildman–Crippen MR) is 235 cm³/mol. The van der Waals surface area contributed by atoms with E-state index in [4.69, 9.17) is 14.2 Å². The summed E-state index contributed by atoms with van der Waals surface area (Å²) < 4.78 is 90.8. The van der Waals surface area contributed by atoms with Crippen LogP contribution in [0.25, 0.3) is 10.9 Å². The molecule has 6 aliphatic rings. The topological polar surface area (TPSA) is 197 Å². The minimum absolute atomic E-state index is 0.0356. The Kier molecular flexibility index (Phi) is 12.9. The van der Waals surface area contributed by atoms with Crippen molar-refractivity contribution < 1.29 is 60.1 Å². The van der Waals surface area contributed by atoms with Gasteiger partial charge in [-0.15, -0.1) is 0 Å². The summed E-state index contributed by atoms with van der Waals surface area (Å²) in [7, 11) is -4.12. The monoisotopic (exact) mass is 946 g/mol. The molecule has 2 aromatic rings. The van der Waals surface area contributed by atoms with Crippen molar-refractivity contribution in [1.82, 2.24) is 29.7 Å². The van der Waals surface area contributed by atoms with E-state index in [0.29, 0.717) is 76.0 Å². The molecule has 0 unspecified atom stereocenters. The number of ether oxygens (including phenoxy) is 3. The summed E-state index contributed by atoms with van der Waals surface area (Å²) >= 11 is 0. The quantitative estimate of drug-likeness (QED) is 0.271. The molecule has 4 aliphatic heterocycles. The third-order valence-corrected chi connectivity index (χ3v) is 16.2. The molecule has 1 spiro atoms. The van der Waals surface area contributed by atoms with Gasteiger partial charge in [0.25, 0.3) is 5.91 Å². The first-order valence-corrected chi connectivity index (χ1v) is 24.5. The Bertz CT molecular complexity index is 2380. The van der Waals surface area contributed by atoms with Gasteiger partial charge >= 0.3 is 12.3 Å². The van der Waals surface area contributed by atoms with Crippen LogP contribution in [0.5, 0.6) is 11.5 Å². The number of nitrogens with zero attached hydrogens (tertiary/aromatic N) is 4.